The maximum absolute atomic E-state index is 11.1. The summed E-state index contributed by atoms with van der Waals surface area (Å²) in [5.41, 5.74) is 0. The summed E-state index contributed by atoms with van der Waals surface area (Å²) in [7, 11) is 0. The lowest BCUT2D eigenvalue weighted by Crippen LogP contribution is -2.39. The molecule has 15 heavy (non-hydrogen) atoms. The molecule has 94 valence electrons. The van der Waals surface area contributed by atoms with Gasteiger partial charge in [0.25, 0.3) is 0 Å². The highest BCUT2D eigenvalue weighted by molar-refractivity contribution is 5.81. The van der Waals surface area contributed by atoms with Crippen molar-refractivity contribution in [1.29, 1.82) is 0 Å². The average molecular weight is 217 g/mol. The lowest BCUT2D eigenvalue weighted by atomic mass is 10.1. The van der Waals surface area contributed by atoms with Gasteiger partial charge >= 0.3 is 0 Å². The first-order chi connectivity index (χ1) is 7.17. The van der Waals surface area contributed by atoms with Crippen molar-refractivity contribution in [2.75, 3.05) is 13.1 Å². The molecule has 0 heterocycles. The van der Waals surface area contributed by atoms with E-state index in [1.165, 1.54) is 0 Å². The number of likely N-dealkylation sites (N-methyl/N-ethyl adjacent to an activating group) is 1. The summed E-state index contributed by atoms with van der Waals surface area (Å²) in [5, 5.41) is 0. The van der Waals surface area contributed by atoms with Crippen LogP contribution in [0.25, 0.3) is 0 Å². The minimum Gasteiger partial charge on any atom is -0.298 e. The third kappa shape index (κ3) is 9.92. The van der Waals surface area contributed by atoms with Gasteiger partial charge in [-0.2, -0.15) is 0 Å². The van der Waals surface area contributed by atoms with Crippen molar-refractivity contribution < 1.29 is 4.79 Å². The predicted molar refractivity (Wildman–Crippen MR) is 70.4 cm³/mol. The zero-order chi connectivity index (χ0) is 12.9. The molecule has 1 unspecified atom stereocenters. The van der Waals surface area contributed by atoms with Crippen LogP contribution < -0.4 is 0 Å². The van der Waals surface area contributed by atoms with Gasteiger partial charge in [-0.3, -0.25) is 9.69 Å². The van der Waals surface area contributed by atoms with Crippen LogP contribution in [0.2, 0.25) is 0 Å². The summed E-state index contributed by atoms with van der Waals surface area (Å²) < 4.78 is 0. The highest BCUT2D eigenvalue weighted by atomic mass is 16.1. The average Bonchev–Trinajstić information content (AvgIpc) is 2.30. The number of carbonyl (C=O) groups excluding carboxylic acids is 1. The number of carbonyl (C=O) groups is 1. The molecule has 1 atom stereocenters. The van der Waals surface area contributed by atoms with Crippen molar-refractivity contribution >= 4 is 5.78 Å². The largest absolute Gasteiger partial charge is 0.298 e. The highest BCUT2D eigenvalue weighted by Crippen LogP contribution is 2.04. The van der Waals surface area contributed by atoms with Gasteiger partial charge in [-0.15, -0.1) is 0 Å². The summed E-state index contributed by atoms with van der Waals surface area (Å²) in [4.78, 5) is 13.3. The first-order valence-corrected chi connectivity index (χ1v) is 6.41. The predicted octanol–water partition coefficient (Wildman–Crippen LogP) is 3.75. The Labute approximate surface area is 97.1 Å². The molecule has 0 bridgehead atoms. The Morgan fingerprint density at radius 2 is 1.33 bits per heavy atom. The van der Waals surface area contributed by atoms with E-state index in [0.717, 1.165) is 19.5 Å². The zero-order valence-electron chi connectivity index (χ0n) is 12.1. The van der Waals surface area contributed by atoms with Crippen LogP contribution in [0.5, 0.6) is 0 Å². The lowest BCUT2D eigenvalue weighted by molar-refractivity contribution is -0.122. The van der Waals surface area contributed by atoms with Crippen LogP contribution in [0, 0.1) is 0 Å². The summed E-state index contributed by atoms with van der Waals surface area (Å²) in [5.74, 6) is 0.288. The van der Waals surface area contributed by atoms with Gasteiger partial charge in [0.2, 0.25) is 0 Å². The van der Waals surface area contributed by atoms with Gasteiger partial charge < -0.3 is 0 Å². The fourth-order valence-electron chi connectivity index (χ4n) is 1.47. The second-order valence-electron chi connectivity index (χ2n) is 2.76. The van der Waals surface area contributed by atoms with Crippen molar-refractivity contribution in [2.24, 2.45) is 0 Å². The summed E-state index contributed by atoms with van der Waals surface area (Å²) in [6, 6.07) is 0.144. The second-order valence-corrected chi connectivity index (χ2v) is 2.76. The molecule has 0 aliphatic heterocycles. The van der Waals surface area contributed by atoms with Crippen LogP contribution in [0.4, 0.5) is 0 Å². The molecule has 0 aliphatic carbocycles. The third-order valence-electron chi connectivity index (χ3n) is 2.11. The van der Waals surface area contributed by atoms with Gasteiger partial charge in [-0.05, 0) is 26.4 Å². The number of nitrogens with zero attached hydrogens (tertiary/aromatic N) is 1. The van der Waals surface area contributed by atoms with Crippen LogP contribution in [0.3, 0.4) is 0 Å². The Morgan fingerprint density at radius 3 is 1.40 bits per heavy atom. The normalized spacial score (nSPS) is 10.7. The molecule has 0 aromatic heterocycles. The van der Waals surface area contributed by atoms with E-state index in [-0.39, 0.29) is 11.8 Å². The van der Waals surface area contributed by atoms with Crippen LogP contribution in [0.15, 0.2) is 0 Å². The molecule has 2 heteroatoms. The van der Waals surface area contributed by atoms with E-state index < -0.39 is 0 Å². The van der Waals surface area contributed by atoms with Gasteiger partial charge in [0.1, 0.15) is 5.78 Å². The fourth-order valence-corrected chi connectivity index (χ4v) is 1.47. The third-order valence-corrected chi connectivity index (χ3v) is 2.11. The molecule has 0 aromatic rings. The Balaban J connectivity index is -0.000000318. The molecule has 0 saturated heterocycles. The maximum Gasteiger partial charge on any atom is 0.146 e. The molecule has 0 aromatic carbocycles. The molecule has 0 aliphatic rings. The van der Waals surface area contributed by atoms with Crippen LogP contribution >= 0.6 is 0 Å². The first-order valence-electron chi connectivity index (χ1n) is 6.41. The smallest absolute Gasteiger partial charge is 0.146 e. The van der Waals surface area contributed by atoms with Crippen molar-refractivity contribution in [1.82, 2.24) is 4.90 Å². The number of hydrogen-bond acceptors (Lipinski definition) is 2. The lowest BCUT2D eigenvalue weighted by Gasteiger charge is -2.26. The Morgan fingerprint density at radius 1 is 1.00 bits per heavy atom. The van der Waals surface area contributed by atoms with Gasteiger partial charge in [-0.1, -0.05) is 48.5 Å². The summed E-state index contributed by atoms with van der Waals surface area (Å²) >= 11 is 0. The Kier molecular flexibility index (Phi) is 21.5. The van der Waals surface area contributed by atoms with Crippen LogP contribution in [-0.4, -0.2) is 29.8 Å². The number of hydrogen-bond donors (Lipinski definition) is 0. The van der Waals surface area contributed by atoms with Crippen LogP contribution in [0.1, 0.15) is 61.8 Å². The molecule has 0 spiro atoms. The van der Waals surface area contributed by atoms with E-state index in [1.807, 2.05) is 27.7 Å². The summed E-state index contributed by atoms with van der Waals surface area (Å²) in [6.07, 6.45) is 0.928. The van der Waals surface area contributed by atoms with E-state index in [9.17, 15) is 4.79 Å². The van der Waals surface area contributed by atoms with Crippen molar-refractivity contribution in [3.8, 4) is 0 Å². The van der Waals surface area contributed by atoms with Gasteiger partial charge in [0.05, 0.1) is 6.04 Å². The molecule has 2 nitrogen and oxygen atoms in total. The highest BCUT2D eigenvalue weighted by Gasteiger charge is 2.17. The monoisotopic (exact) mass is 217 g/mol. The van der Waals surface area contributed by atoms with E-state index in [1.54, 1.807) is 6.92 Å². The Bertz CT molecular complexity index is 120. The number of rotatable bonds is 5. The number of Topliss-reactive ketones (excluding diaryl/α,β-unsaturated/α-hetero) is 1. The summed E-state index contributed by atoms with van der Waals surface area (Å²) in [6.45, 7) is 17.9. The number of ketones is 1. The molecule has 0 N–H and O–H groups in total. The van der Waals surface area contributed by atoms with Gasteiger partial charge in [0, 0.05) is 0 Å². The van der Waals surface area contributed by atoms with Crippen LogP contribution in [-0.2, 0) is 4.79 Å². The van der Waals surface area contributed by atoms with Crippen molar-refractivity contribution in [3.63, 3.8) is 0 Å². The minimum atomic E-state index is 0.144. The van der Waals surface area contributed by atoms with Gasteiger partial charge in [0.15, 0.2) is 0 Å². The maximum atomic E-state index is 11.1. The quantitative estimate of drug-likeness (QED) is 0.699. The van der Waals surface area contributed by atoms with Crippen molar-refractivity contribution in [3.05, 3.63) is 0 Å². The molecule has 0 fully saturated rings. The molecule has 0 saturated carbocycles. The molecular formula is C13H31NO. The standard InChI is InChI=1S/C9H19NO.2C2H6/c1-5-9(8(4)11)10(6-2)7-3;2*1-2/h9H,5-7H2,1-4H3;2*1-2H3. The molecule has 0 amide bonds. The molecule has 0 rings (SSSR count). The van der Waals surface area contributed by atoms with E-state index in [0.29, 0.717) is 0 Å². The van der Waals surface area contributed by atoms with E-state index in [2.05, 4.69) is 25.7 Å². The van der Waals surface area contributed by atoms with E-state index in [4.69, 9.17) is 0 Å². The fraction of sp³-hybridized carbons (Fsp3) is 0.923. The van der Waals surface area contributed by atoms with Crippen molar-refractivity contribution in [2.45, 2.75) is 67.9 Å². The molecule has 0 radical (unpaired) electrons. The SMILES string of the molecule is CC.CC.CCC(C(C)=O)N(CC)CC. The van der Waals surface area contributed by atoms with Gasteiger partial charge in [-0.25, -0.2) is 0 Å². The minimum absolute atomic E-state index is 0.144. The van der Waals surface area contributed by atoms with E-state index >= 15 is 0 Å². The zero-order valence-corrected chi connectivity index (χ0v) is 12.1. The second kappa shape index (κ2) is 16.1. The first kappa shape index (κ1) is 20.1. The molecular weight excluding hydrogens is 186 g/mol. The Hall–Kier alpha value is -0.370. The topological polar surface area (TPSA) is 20.3 Å².